The van der Waals surface area contributed by atoms with Gasteiger partial charge in [0.05, 0.1) is 17.7 Å². The van der Waals surface area contributed by atoms with Crippen LogP contribution in [0.5, 0.6) is 11.5 Å². The van der Waals surface area contributed by atoms with Crippen LogP contribution in [-0.4, -0.2) is 60.7 Å². The van der Waals surface area contributed by atoms with E-state index in [1.165, 1.54) is 27.7 Å². The number of carbonyl (C=O) groups is 1. The fourth-order valence-corrected chi connectivity index (χ4v) is 5.07. The van der Waals surface area contributed by atoms with Crippen molar-refractivity contribution in [3.8, 4) is 11.5 Å². The number of nitrogens with zero attached hydrogens (tertiary/aromatic N) is 3. The lowest BCUT2D eigenvalue weighted by Gasteiger charge is -2.35. The van der Waals surface area contributed by atoms with Crippen LogP contribution in [0.3, 0.4) is 0 Å². The number of alkyl halides is 3. The van der Waals surface area contributed by atoms with Crippen LogP contribution in [-0.2, 0) is 11.2 Å². The summed E-state index contributed by atoms with van der Waals surface area (Å²) in [5.41, 5.74) is 0.326. The third-order valence-electron chi connectivity index (χ3n) is 5.95. The van der Waals surface area contributed by atoms with Gasteiger partial charge in [-0.3, -0.25) is 9.69 Å². The molecule has 1 saturated heterocycles. The molecular weight excluding hydrogens is 479 g/mol. The van der Waals surface area contributed by atoms with Gasteiger partial charge in [-0.15, -0.1) is 0 Å². The van der Waals surface area contributed by atoms with E-state index in [0.717, 1.165) is 51.9 Å². The zero-order valence-corrected chi connectivity index (χ0v) is 20.5. The lowest BCUT2D eigenvalue weighted by atomic mass is 10.0. The smallest absolute Gasteiger partial charge is 0.393 e. The Hall–Kier alpha value is -2.85. The fraction of sp³-hybridized carbons (Fsp3) is 0.440. The molecule has 0 spiro atoms. The summed E-state index contributed by atoms with van der Waals surface area (Å²) in [7, 11) is 0. The Morgan fingerprint density at radius 2 is 1.89 bits per heavy atom. The van der Waals surface area contributed by atoms with Crippen LogP contribution in [0.4, 0.5) is 19.0 Å². The highest BCUT2D eigenvalue weighted by Gasteiger charge is 2.31. The van der Waals surface area contributed by atoms with Crippen molar-refractivity contribution < 1.29 is 27.4 Å². The molecule has 1 aliphatic rings. The summed E-state index contributed by atoms with van der Waals surface area (Å²) in [6.45, 7) is 7.65. The number of hydrogen-bond acceptors (Lipinski definition) is 7. The Labute approximate surface area is 206 Å². The molecular formula is C25H28F3N3O3S. The van der Waals surface area contributed by atoms with Crippen LogP contribution in [0.2, 0.25) is 0 Å². The maximum Gasteiger partial charge on any atom is 0.393 e. The van der Waals surface area contributed by atoms with E-state index in [9.17, 15) is 18.0 Å². The molecule has 2 heterocycles. The SMILES string of the molecule is CC(=O)Oc1cc(OCCCN2CCN(c3nsc4ccccc34)CC2)cc(C)c1CC(F)(F)F. The van der Waals surface area contributed by atoms with E-state index in [0.29, 0.717) is 17.9 Å². The zero-order valence-electron chi connectivity index (χ0n) is 19.7. The van der Waals surface area contributed by atoms with Gasteiger partial charge in [-0.25, -0.2) is 0 Å². The number of esters is 1. The quantitative estimate of drug-likeness (QED) is 0.237. The van der Waals surface area contributed by atoms with Gasteiger partial charge in [0.25, 0.3) is 0 Å². The van der Waals surface area contributed by atoms with Gasteiger partial charge < -0.3 is 14.4 Å². The number of fused-ring (bicyclic) bond motifs is 1. The maximum absolute atomic E-state index is 13.0. The highest BCUT2D eigenvalue weighted by atomic mass is 32.1. The monoisotopic (exact) mass is 507 g/mol. The topological polar surface area (TPSA) is 54.9 Å². The average Bonchev–Trinajstić information content (AvgIpc) is 3.23. The number of aromatic nitrogens is 1. The van der Waals surface area contributed by atoms with E-state index in [4.69, 9.17) is 9.47 Å². The predicted octanol–water partition coefficient (Wildman–Crippen LogP) is 5.23. The Morgan fingerprint density at radius 3 is 2.60 bits per heavy atom. The van der Waals surface area contributed by atoms with Gasteiger partial charge in [-0.05, 0) is 48.6 Å². The van der Waals surface area contributed by atoms with Crippen LogP contribution in [0.15, 0.2) is 36.4 Å². The molecule has 2 aromatic carbocycles. The van der Waals surface area contributed by atoms with Crippen LogP contribution in [0.25, 0.3) is 10.1 Å². The number of carbonyl (C=O) groups excluding carboxylic acids is 1. The maximum atomic E-state index is 13.0. The predicted molar refractivity (Wildman–Crippen MR) is 131 cm³/mol. The molecule has 35 heavy (non-hydrogen) atoms. The molecule has 0 aliphatic carbocycles. The van der Waals surface area contributed by atoms with Crippen LogP contribution < -0.4 is 14.4 Å². The van der Waals surface area contributed by atoms with Crippen molar-refractivity contribution in [3.63, 3.8) is 0 Å². The number of ether oxygens (including phenoxy) is 2. The summed E-state index contributed by atoms with van der Waals surface area (Å²) in [4.78, 5) is 16.1. The van der Waals surface area contributed by atoms with Gasteiger partial charge in [-0.2, -0.15) is 17.5 Å². The summed E-state index contributed by atoms with van der Waals surface area (Å²) in [5, 5.41) is 1.20. The summed E-state index contributed by atoms with van der Waals surface area (Å²) in [5.74, 6) is 0.677. The minimum absolute atomic E-state index is 0.0502. The van der Waals surface area contributed by atoms with E-state index in [1.54, 1.807) is 13.0 Å². The molecule has 188 valence electrons. The molecule has 0 saturated carbocycles. The van der Waals surface area contributed by atoms with Gasteiger partial charge in [0.1, 0.15) is 17.3 Å². The number of aryl methyl sites for hydroxylation is 1. The number of halogens is 3. The highest BCUT2D eigenvalue weighted by Crippen LogP contribution is 2.34. The Kier molecular flexibility index (Phi) is 7.81. The summed E-state index contributed by atoms with van der Waals surface area (Å²) >= 11 is 1.53. The van der Waals surface area contributed by atoms with Crippen molar-refractivity contribution >= 4 is 33.4 Å². The molecule has 1 fully saturated rings. The molecule has 6 nitrogen and oxygen atoms in total. The van der Waals surface area contributed by atoms with E-state index >= 15 is 0 Å². The number of benzene rings is 2. The highest BCUT2D eigenvalue weighted by molar-refractivity contribution is 7.13. The first-order valence-electron chi connectivity index (χ1n) is 11.5. The molecule has 10 heteroatoms. The van der Waals surface area contributed by atoms with Crippen molar-refractivity contribution in [3.05, 3.63) is 47.5 Å². The molecule has 3 aromatic rings. The van der Waals surface area contributed by atoms with Crippen LogP contribution in [0.1, 0.15) is 24.5 Å². The second-order valence-corrected chi connectivity index (χ2v) is 9.44. The van der Waals surface area contributed by atoms with Gasteiger partial charge >= 0.3 is 12.1 Å². The number of hydrogen-bond donors (Lipinski definition) is 0. The molecule has 0 bridgehead atoms. The molecule has 4 rings (SSSR count). The van der Waals surface area contributed by atoms with E-state index in [-0.39, 0.29) is 11.3 Å². The number of anilines is 1. The second-order valence-electron chi connectivity index (χ2n) is 8.64. The Balaban J connectivity index is 1.27. The third kappa shape index (κ3) is 6.64. The second kappa shape index (κ2) is 10.8. The van der Waals surface area contributed by atoms with E-state index in [1.807, 2.05) is 12.1 Å². The zero-order chi connectivity index (χ0) is 25.0. The molecule has 1 aromatic heterocycles. The first-order chi connectivity index (χ1) is 16.7. The number of piperazine rings is 1. The normalized spacial score (nSPS) is 14.9. The summed E-state index contributed by atoms with van der Waals surface area (Å²) < 4.78 is 55.5. The van der Waals surface area contributed by atoms with Gasteiger partial charge in [0.15, 0.2) is 0 Å². The van der Waals surface area contributed by atoms with Crippen LogP contribution in [0, 0.1) is 6.92 Å². The minimum Gasteiger partial charge on any atom is -0.493 e. The first kappa shape index (κ1) is 25.2. The van der Waals surface area contributed by atoms with Crippen molar-refractivity contribution in [1.82, 2.24) is 9.27 Å². The standard InChI is InChI=1S/C25H28F3N3O3S/c1-17-14-19(15-22(34-18(2)32)21(17)16-25(26,27)28)33-13-5-8-30-9-11-31(12-10-30)24-20-6-3-4-7-23(20)35-29-24/h3-4,6-7,14-15H,5,8-13,16H2,1-2H3. The summed E-state index contributed by atoms with van der Waals surface area (Å²) in [6, 6.07) is 11.2. The fourth-order valence-electron chi connectivity index (χ4n) is 4.27. The molecule has 0 atom stereocenters. The minimum atomic E-state index is -4.40. The molecule has 0 unspecified atom stereocenters. The summed E-state index contributed by atoms with van der Waals surface area (Å²) in [6.07, 6.45) is -4.80. The first-order valence-corrected chi connectivity index (χ1v) is 12.3. The van der Waals surface area contributed by atoms with Crippen LogP contribution >= 0.6 is 11.5 Å². The molecule has 1 aliphatic heterocycles. The van der Waals surface area contributed by atoms with Crippen molar-refractivity contribution in [2.75, 3.05) is 44.2 Å². The van der Waals surface area contributed by atoms with Crippen molar-refractivity contribution in [2.45, 2.75) is 32.9 Å². The lowest BCUT2D eigenvalue weighted by molar-refractivity contribution is -0.134. The average molecular weight is 508 g/mol. The Bertz CT molecular complexity index is 1170. The molecule has 0 radical (unpaired) electrons. The van der Waals surface area contributed by atoms with Crippen molar-refractivity contribution in [1.29, 1.82) is 0 Å². The molecule has 0 amide bonds. The third-order valence-corrected chi connectivity index (χ3v) is 6.77. The lowest BCUT2D eigenvalue weighted by Crippen LogP contribution is -2.47. The Morgan fingerprint density at radius 1 is 1.14 bits per heavy atom. The number of rotatable bonds is 8. The largest absolute Gasteiger partial charge is 0.493 e. The van der Waals surface area contributed by atoms with Crippen molar-refractivity contribution in [2.24, 2.45) is 0 Å². The van der Waals surface area contributed by atoms with E-state index in [2.05, 4.69) is 26.3 Å². The van der Waals surface area contributed by atoms with Gasteiger partial charge in [0.2, 0.25) is 0 Å². The van der Waals surface area contributed by atoms with Gasteiger partial charge in [0, 0.05) is 56.7 Å². The van der Waals surface area contributed by atoms with E-state index < -0.39 is 18.6 Å². The molecule has 0 N–H and O–H groups in total. The van der Waals surface area contributed by atoms with Gasteiger partial charge in [-0.1, -0.05) is 12.1 Å².